The molecule has 4 rings (SSSR count). The second-order valence-corrected chi connectivity index (χ2v) is 11.6. The minimum absolute atomic E-state index is 0.0535. The van der Waals surface area contributed by atoms with Gasteiger partial charge in [0.2, 0.25) is 11.8 Å². The predicted octanol–water partition coefficient (Wildman–Crippen LogP) is 3.24. The molecule has 11 heteroatoms. The van der Waals surface area contributed by atoms with E-state index in [2.05, 4.69) is 16.4 Å². The largest absolute Gasteiger partial charge is 0.345 e. The maximum atomic E-state index is 14.3. The number of carbonyl (C=O) groups excluding carboxylic acids is 4. The summed E-state index contributed by atoms with van der Waals surface area (Å²) in [5.74, 6) is -1.94. The lowest BCUT2D eigenvalue weighted by Crippen LogP contribution is -2.56. The first kappa shape index (κ1) is 38.5. The van der Waals surface area contributed by atoms with Gasteiger partial charge in [-0.25, -0.2) is 4.39 Å². The minimum Gasteiger partial charge on any atom is -0.345 e. The Morgan fingerprint density at radius 1 is 0.796 bits per heavy atom. The van der Waals surface area contributed by atoms with Gasteiger partial charge in [-0.2, -0.15) is 0 Å². The molecule has 0 heterocycles. The number of rotatable bonds is 16. The van der Waals surface area contributed by atoms with E-state index in [1.807, 2.05) is 48.5 Å². The number of hydrogen-bond acceptors (Lipinski definition) is 7. The van der Waals surface area contributed by atoms with Crippen LogP contribution in [0.25, 0.3) is 10.8 Å². The molecule has 4 aromatic rings. The van der Waals surface area contributed by atoms with E-state index >= 15 is 0 Å². The fourth-order valence-electron chi connectivity index (χ4n) is 5.49. The molecule has 0 aromatic heterocycles. The topological polar surface area (TPSA) is 174 Å². The SMILES string of the molecule is CN.CN(C(=O)[C@@H](Cc1ccc2ccccc2c1)NC(=O)c1cccc(CN)c1)C(Cc1ccc(F)cc1)C(=O)NC(C=O)CCCCN. The number of hydrogen-bond donors (Lipinski definition) is 5. The summed E-state index contributed by atoms with van der Waals surface area (Å²) in [7, 11) is 3.00. The molecule has 4 aromatic carbocycles. The average Bonchev–Trinajstić information content (AvgIpc) is 3.14. The van der Waals surface area contributed by atoms with Crippen LogP contribution in [-0.2, 0) is 33.8 Å². The van der Waals surface area contributed by atoms with E-state index in [4.69, 9.17) is 11.5 Å². The van der Waals surface area contributed by atoms with Gasteiger partial charge in [-0.3, -0.25) is 14.4 Å². The predicted molar refractivity (Wildman–Crippen MR) is 191 cm³/mol. The molecule has 0 bridgehead atoms. The normalized spacial score (nSPS) is 12.5. The maximum absolute atomic E-state index is 14.3. The molecule has 0 radical (unpaired) electrons. The van der Waals surface area contributed by atoms with Gasteiger partial charge >= 0.3 is 0 Å². The Bertz CT molecular complexity index is 1680. The highest BCUT2D eigenvalue weighted by atomic mass is 19.1. The maximum Gasteiger partial charge on any atom is 0.251 e. The fourth-order valence-corrected chi connectivity index (χ4v) is 5.49. The smallest absolute Gasteiger partial charge is 0.251 e. The lowest BCUT2D eigenvalue weighted by molar-refractivity contribution is -0.140. The van der Waals surface area contributed by atoms with Gasteiger partial charge < -0.3 is 37.5 Å². The summed E-state index contributed by atoms with van der Waals surface area (Å²) in [6.45, 7) is 0.711. The van der Waals surface area contributed by atoms with Gasteiger partial charge in [-0.15, -0.1) is 0 Å². The van der Waals surface area contributed by atoms with E-state index in [-0.39, 0.29) is 19.4 Å². The molecule has 0 saturated heterocycles. The average molecular weight is 671 g/mol. The third kappa shape index (κ3) is 11.3. The fraction of sp³-hybridized carbons (Fsp3) is 0.316. The first-order chi connectivity index (χ1) is 23.7. The Balaban J connectivity index is 0.00000319. The highest BCUT2D eigenvalue weighted by molar-refractivity contribution is 5.99. The molecule has 260 valence electrons. The van der Waals surface area contributed by atoms with Crippen molar-refractivity contribution in [2.24, 2.45) is 17.2 Å². The van der Waals surface area contributed by atoms with Crippen molar-refractivity contribution >= 4 is 34.8 Å². The molecule has 3 atom stereocenters. The van der Waals surface area contributed by atoms with E-state index in [1.165, 1.54) is 31.1 Å². The zero-order valence-electron chi connectivity index (χ0n) is 28.1. The molecule has 0 spiro atoms. The number of nitrogens with zero attached hydrogens (tertiary/aromatic N) is 1. The summed E-state index contributed by atoms with van der Waals surface area (Å²) in [6, 6.07) is 23.3. The Morgan fingerprint density at radius 2 is 1.49 bits per heavy atom. The zero-order chi connectivity index (χ0) is 35.8. The Hall–Kier alpha value is -4.97. The molecule has 0 aliphatic heterocycles. The van der Waals surface area contributed by atoms with Crippen LogP contribution < -0.4 is 27.8 Å². The van der Waals surface area contributed by atoms with Gasteiger partial charge in [0.1, 0.15) is 24.2 Å². The van der Waals surface area contributed by atoms with Crippen LogP contribution in [0.4, 0.5) is 4.39 Å². The first-order valence-electron chi connectivity index (χ1n) is 16.3. The monoisotopic (exact) mass is 670 g/mol. The quantitative estimate of drug-likeness (QED) is 0.0899. The summed E-state index contributed by atoms with van der Waals surface area (Å²) in [6.07, 6.45) is 2.61. The van der Waals surface area contributed by atoms with Crippen LogP contribution in [-0.4, -0.2) is 67.7 Å². The number of nitrogens with one attached hydrogen (secondary N) is 2. The Kier molecular flexibility index (Phi) is 15.5. The highest BCUT2D eigenvalue weighted by Crippen LogP contribution is 2.19. The number of fused-ring (bicyclic) bond motifs is 1. The molecule has 3 amide bonds. The van der Waals surface area contributed by atoms with Crippen LogP contribution in [0.2, 0.25) is 0 Å². The highest BCUT2D eigenvalue weighted by Gasteiger charge is 2.33. The molecule has 0 aliphatic carbocycles. The number of halogens is 1. The zero-order valence-corrected chi connectivity index (χ0v) is 28.1. The molecule has 0 saturated carbocycles. The van der Waals surface area contributed by atoms with Crippen LogP contribution >= 0.6 is 0 Å². The molecule has 0 aliphatic rings. The third-order valence-corrected chi connectivity index (χ3v) is 8.20. The van der Waals surface area contributed by atoms with E-state index < -0.39 is 41.7 Å². The summed E-state index contributed by atoms with van der Waals surface area (Å²) in [5.41, 5.74) is 18.4. The van der Waals surface area contributed by atoms with Crippen molar-refractivity contribution in [1.29, 1.82) is 0 Å². The lowest BCUT2D eigenvalue weighted by atomic mass is 9.98. The van der Waals surface area contributed by atoms with Crippen LogP contribution in [0, 0.1) is 5.82 Å². The van der Waals surface area contributed by atoms with Gasteiger partial charge in [-0.05, 0) is 84.6 Å². The van der Waals surface area contributed by atoms with Crippen molar-refractivity contribution in [3.05, 3.63) is 119 Å². The number of amides is 3. The molecule has 2 unspecified atom stereocenters. The number of carbonyl (C=O) groups is 4. The van der Waals surface area contributed by atoms with Crippen LogP contribution in [0.15, 0.2) is 91.0 Å². The van der Waals surface area contributed by atoms with E-state index in [0.717, 1.165) is 21.9 Å². The second kappa shape index (κ2) is 19.8. The number of nitrogens with two attached hydrogens (primary N) is 3. The number of likely N-dealkylation sites (N-methyl/N-ethyl adjacent to an activating group) is 1. The third-order valence-electron chi connectivity index (χ3n) is 8.20. The van der Waals surface area contributed by atoms with Crippen molar-refractivity contribution in [2.75, 3.05) is 20.6 Å². The van der Waals surface area contributed by atoms with Gasteiger partial charge in [0.25, 0.3) is 5.91 Å². The molecule has 0 fully saturated rings. The van der Waals surface area contributed by atoms with Crippen molar-refractivity contribution in [3.63, 3.8) is 0 Å². The minimum atomic E-state index is -1.07. The second-order valence-electron chi connectivity index (χ2n) is 11.6. The van der Waals surface area contributed by atoms with Crippen molar-refractivity contribution < 1.29 is 23.6 Å². The van der Waals surface area contributed by atoms with Crippen LogP contribution in [0.3, 0.4) is 0 Å². The standard InChI is InChI=1S/C37H42FN5O4.CH5N/c1-43(34(22-25-13-16-31(38)17-14-25)36(46)41-32(24-44)11-4-5-18-39)37(47)33(42-35(45)30-10-6-7-27(20-30)23-40)21-26-12-15-28-8-2-3-9-29(28)19-26;1-2/h2-3,6-10,12-17,19-20,24,32-34H,4-5,11,18,21-23,39-40H2,1H3,(H,41,46)(H,42,45);2H2,1H3/t32?,33-,34?;/m1./s1. The molecule has 49 heavy (non-hydrogen) atoms. The van der Waals surface area contributed by atoms with Crippen molar-refractivity contribution in [1.82, 2.24) is 15.5 Å². The van der Waals surface area contributed by atoms with Crippen LogP contribution in [0.1, 0.15) is 46.3 Å². The molecular formula is C38H47FN6O4. The van der Waals surface area contributed by atoms with Gasteiger partial charge in [-0.1, -0.05) is 66.7 Å². The molecule has 10 nitrogen and oxygen atoms in total. The van der Waals surface area contributed by atoms with E-state index in [9.17, 15) is 23.6 Å². The van der Waals surface area contributed by atoms with E-state index in [1.54, 1.807) is 30.3 Å². The van der Waals surface area contributed by atoms with E-state index in [0.29, 0.717) is 43.2 Å². The summed E-state index contributed by atoms with van der Waals surface area (Å²) in [5, 5.41) is 7.67. The summed E-state index contributed by atoms with van der Waals surface area (Å²) < 4.78 is 13.7. The number of unbranched alkanes of at least 4 members (excludes halogenated alkanes) is 1. The summed E-state index contributed by atoms with van der Waals surface area (Å²) >= 11 is 0. The van der Waals surface area contributed by atoms with Crippen molar-refractivity contribution in [2.45, 2.75) is 56.8 Å². The summed E-state index contributed by atoms with van der Waals surface area (Å²) in [4.78, 5) is 54.7. The van der Waals surface area contributed by atoms with Crippen LogP contribution in [0.5, 0.6) is 0 Å². The van der Waals surface area contributed by atoms with Gasteiger partial charge in [0.15, 0.2) is 0 Å². The number of aldehydes is 1. The molecular weight excluding hydrogens is 623 g/mol. The van der Waals surface area contributed by atoms with Crippen molar-refractivity contribution in [3.8, 4) is 0 Å². The first-order valence-corrected chi connectivity index (χ1v) is 16.3. The molecule has 8 N–H and O–H groups in total. The Morgan fingerprint density at radius 3 is 2.16 bits per heavy atom. The van der Waals surface area contributed by atoms with Gasteiger partial charge in [0.05, 0.1) is 6.04 Å². The number of benzene rings is 4. The van der Waals surface area contributed by atoms with Gasteiger partial charge in [0, 0.05) is 32.0 Å². The lowest BCUT2D eigenvalue weighted by Gasteiger charge is -2.32. The Labute approximate surface area is 287 Å².